The van der Waals surface area contributed by atoms with Crippen LogP contribution in [0.2, 0.25) is 5.02 Å². The van der Waals surface area contributed by atoms with Crippen molar-refractivity contribution >= 4 is 34.2 Å². The molecule has 0 fully saturated rings. The molecule has 122 valence electrons. The highest BCUT2D eigenvalue weighted by Crippen LogP contribution is 2.23. The summed E-state index contributed by atoms with van der Waals surface area (Å²) in [4.78, 5) is 16.9. The molecule has 0 spiro atoms. The number of halogens is 1. The fraction of sp³-hybridized carbons (Fsp3) is 0. The summed E-state index contributed by atoms with van der Waals surface area (Å²) in [5.41, 5.74) is 3.85. The van der Waals surface area contributed by atoms with Crippen LogP contribution in [0.1, 0.15) is 10.4 Å². The van der Waals surface area contributed by atoms with Crippen molar-refractivity contribution in [2.45, 2.75) is 0 Å². The maximum atomic E-state index is 12.5. The second-order valence-corrected chi connectivity index (χ2v) is 5.99. The molecule has 0 bridgehead atoms. The lowest BCUT2D eigenvalue weighted by Crippen LogP contribution is -2.12. The predicted octanol–water partition coefficient (Wildman–Crippen LogP) is 4.93. The first-order chi connectivity index (χ1) is 12.2. The lowest BCUT2D eigenvalue weighted by Gasteiger charge is -2.07. The lowest BCUT2D eigenvalue weighted by atomic mass is 10.1. The quantitative estimate of drug-likeness (QED) is 0.571. The Morgan fingerprint density at radius 1 is 0.960 bits per heavy atom. The molecule has 5 heteroatoms. The van der Waals surface area contributed by atoms with Crippen LogP contribution in [0.4, 0.5) is 5.69 Å². The van der Waals surface area contributed by atoms with Crippen molar-refractivity contribution in [1.82, 2.24) is 9.55 Å². The van der Waals surface area contributed by atoms with Crippen LogP contribution in [0.3, 0.4) is 0 Å². The van der Waals surface area contributed by atoms with Gasteiger partial charge in [0.15, 0.2) is 0 Å². The van der Waals surface area contributed by atoms with E-state index in [0.717, 1.165) is 16.7 Å². The van der Waals surface area contributed by atoms with Crippen LogP contribution in [0, 0.1) is 0 Å². The van der Waals surface area contributed by atoms with Crippen molar-refractivity contribution in [3.8, 4) is 5.69 Å². The number of hydrogen-bond acceptors (Lipinski definition) is 2. The molecule has 0 radical (unpaired) electrons. The number of fused-ring (bicyclic) bond motifs is 1. The largest absolute Gasteiger partial charge is 0.321 e. The number of aromatic nitrogens is 2. The summed E-state index contributed by atoms with van der Waals surface area (Å²) in [6.07, 6.45) is 1.76. The third-order valence-electron chi connectivity index (χ3n) is 3.97. The zero-order valence-corrected chi connectivity index (χ0v) is 13.9. The zero-order valence-electron chi connectivity index (χ0n) is 13.2. The third kappa shape index (κ3) is 2.99. The molecule has 25 heavy (non-hydrogen) atoms. The zero-order chi connectivity index (χ0) is 17.2. The molecule has 0 saturated carbocycles. The molecule has 1 heterocycles. The monoisotopic (exact) mass is 347 g/mol. The van der Waals surface area contributed by atoms with Gasteiger partial charge < -0.3 is 5.32 Å². The second kappa shape index (κ2) is 6.42. The van der Waals surface area contributed by atoms with Gasteiger partial charge in [0, 0.05) is 11.3 Å². The summed E-state index contributed by atoms with van der Waals surface area (Å²) < 4.78 is 1.99. The first-order valence-electron chi connectivity index (χ1n) is 7.81. The minimum atomic E-state index is -0.218. The van der Waals surface area contributed by atoms with Crippen LogP contribution in [-0.2, 0) is 0 Å². The van der Waals surface area contributed by atoms with Crippen LogP contribution < -0.4 is 5.32 Å². The topological polar surface area (TPSA) is 46.9 Å². The Morgan fingerprint density at radius 2 is 1.72 bits per heavy atom. The van der Waals surface area contributed by atoms with Crippen molar-refractivity contribution < 1.29 is 4.79 Å². The van der Waals surface area contributed by atoms with Gasteiger partial charge in [0.1, 0.15) is 6.33 Å². The smallest absolute Gasteiger partial charge is 0.255 e. The minimum Gasteiger partial charge on any atom is -0.321 e. The van der Waals surface area contributed by atoms with E-state index in [2.05, 4.69) is 10.3 Å². The van der Waals surface area contributed by atoms with Crippen molar-refractivity contribution in [3.63, 3.8) is 0 Å². The second-order valence-electron chi connectivity index (χ2n) is 5.59. The van der Waals surface area contributed by atoms with Gasteiger partial charge in [0.2, 0.25) is 0 Å². The normalized spacial score (nSPS) is 10.8. The van der Waals surface area contributed by atoms with E-state index in [-0.39, 0.29) is 5.91 Å². The molecule has 4 rings (SSSR count). The minimum absolute atomic E-state index is 0.218. The number of amides is 1. The Kier molecular flexibility index (Phi) is 3.96. The third-order valence-corrected chi connectivity index (χ3v) is 4.30. The van der Waals surface area contributed by atoms with E-state index < -0.39 is 0 Å². The van der Waals surface area contributed by atoms with Gasteiger partial charge in [-0.1, -0.05) is 41.9 Å². The summed E-state index contributed by atoms with van der Waals surface area (Å²) in [6, 6.07) is 22.6. The van der Waals surface area contributed by atoms with E-state index >= 15 is 0 Å². The molecular formula is C20H14ClN3O. The van der Waals surface area contributed by atoms with Crippen molar-refractivity contribution in [2.75, 3.05) is 5.32 Å². The number of carbonyl (C=O) groups excluding carboxylic acids is 1. The number of rotatable bonds is 3. The van der Waals surface area contributed by atoms with Crippen LogP contribution in [-0.4, -0.2) is 15.5 Å². The van der Waals surface area contributed by atoms with Gasteiger partial charge in [-0.3, -0.25) is 9.36 Å². The molecule has 0 atom stereocenters. The van der Waals surface area contributed by atoms with E-state index in [1.165, 1.54) is 0 Å². The molecule has 0 aliphatic carbocycles. The summed E-state index contributed by atoms with van der Waals surface area (Å²) in [6.45, 7) is 0. The van der Waals surface area contributed by atoms with Crippen LogP contribution in [0.25, 0.3) is 16.7 Å². The molecule has 0 aliphatic heterocycles. The van der Waals surface area contributed by atoms with Gasteiger partial charge in [0.25, 0.3) is 5.91 Å². The number of nitrogens with zero attached hydrogens (tertiary/aromatic N) is 2. The van der Waals surface area contributed by atoms with Gasteiger partial charge >= 0.3 is 0 Å². The molecule has 0 saturated heterocycles. The lowest BCUT2D eigenvalue weighted by molar-refractivity contribution is 0.102. The molecule has 0 unspecified atom stereocenters. The van der Waals surface area contributed by atoms with Crippen molar-refractivity contribution in [2.24, 2.45) is 0 Å². The molecule has 1 amide bonds. The average molecular weight is 348 g/mol. The van der Waals surface area contributed by atoms with Gasteiger partial charge in [0.05, 0.1) is 21.7 Å². The highest BCUT2D eigenvalue weighted by molar-refractivity contribution is 6.33. The molecule has 4 aromatic rings. The van der Waals surface area contributed by atoms with Gasteiger partial charge in [-0.05, 0) is 42.5 Å². The molecular weight excluding hydrogens is 334 g/mol. The molecule has 1 aromatic heterocycles. The number of para-hydroxylation sites is 2. The molecule has 3 aromatic carbocycles. The number of carbonyl (C=O) groups is 1. The number of anilines is 1. The van der Waals surface area contributed by atoms with Crippen molar-refractivity contribution in [3.05, 3.63) is 89.7 Å². The maximum absolute atomic E-state index is 12.5. The van der Waals surface area contributed by atoms with Crippen molar-refractivity contribution in [1.29, 1.82) is 0 Å². The van der Waals surface area contributed by atoms with E-state index in [9.17, 15) is 4.79 Å². The fourth-order valence-electron chi connectivity index (χ4n) is 2.71. The molecule has 4 nitrogen and oxygen atoms in total. The Hall–Kier alpha value is -3.11. The predicted molar refractivity (Wildman–Crippen MR) is 100 cm³/mol. The first kappa shape index (κ1) is 15.4. The molecule has 0 aliphatic rings. The van der Waals surface area contributed by atoms with Gasteiger partial charge in [-0.25, -0.2) is 4.98 Å². The summed E-state index contributed by atoms with van der Waals surface area (Å²) in [5.74, 6) is -0.218. The summed E-state index contributed by atoms with van der Waals surface area (Å²) >= 11 is 6.09. The number of imidazole rings is 1. The van der Waals surface area contributed by atoms with Gasteiger partial charge in [-0.15, -0.1) is 0 Å². The number of benzene rings is 3. The van der Waals surface area contributed by atoms with Crippen LogP contribution in [0.15, 0.2) is 79.1 Å². The Bertz CT molecular complexity index is 1060. The van der Waals surface area contributed by atoms with E-state index in [4.69, 9.17) is 11.6 Å². The number of nitrogens with one attached hydrogen (secondary N) is 1. The summed E-state index contributed by atoms with van der Waals surface area (Å²) in [7, 11) is 0. The van der Waals surface area contributed by atoms with Gasteiger partial charge in [-0.2, -0.15) is 0 Å². The number of hydrogen-bond donors (Lipinski definition) is 1. The van der Waals surface area contributed by atoms with Crippen LogP contribution >= 0.6 is 11.6 Å². The fourth-order valence-corrected chi connectivity index (χ4v) is 2.89. The SMILES string of the molecule is O=C(Nc1ccccc1Cl)c1ccc2c(c1)ncn2-c1ccccc1. The Balaban J connectivity index is 1.66. The highest BCUT2D eigenvalue weighted by Gasteiger charge is 2.11. The van der Waals surface area contributed by atoms with Crippen LogP contribution in [0.5, 0.6) is 0 Å². The Labute approximate surface area is 149 Å². The molecule has 1 N–H and O–H groups in total. The van der Waals surface area contributed by atoms with E-state index in [0.29, 0.717) is 16.3 Å². The first-order valence-corrected chi connectivity index (χ1v) is 8.18. The maximum Gasteiger partial charge on any atom is 0.255 e. The average Bonchev–Trinajstić information content (AvgIpc) is 3.07. The Morgan fingerprint density at radius 3 is 2.52 bits per heavy atom. The van der Waals surface area contributed by atoms with E-state index in [1.54, 1.807) is 30.6 Å². The summed E-state index contributed by atoms with van der Waals surface area (Å²) in [5, 5.41) is 3.33. The standard InChI is InChI=1S/C20H14ClN3O/c21-16-8-4-5-9-17(16)23-20(25)14-10-11-19-18(12-14)22-13-24(19)15-6-2-1-3-7-15/h1-13H,(H,23,25). The highest BCUT2D eigenvalue weighted by atomic mass is 35.5. The van der Waals surface area contributed by atoms with E-state index in [1.807, 2.05) is 53.1 Å².